The summed E-state index contributed by atoms with van der Waals surface area (Å²) in [5.74, 6) is -0.545. The van der Waals surface area contributed by atoms with E-state index in [1.165, 1.54) is 24.3 Å². The van der Waals surface area contributed by atoms with Crippen LogP contribution in [0.5, 0.6) is 5.75 Å². The van der Waals surface area contributed by atoms with Gasteiger partial charge in [0.15, 0.2) is 0 Å². The van der Waals surface area contributed by atoms with Crippen molar-refractivity contribution in [2.45, 2.75) is 6.92 Å². The molecule has 1 amide bonds. The Morgan fingerprint density at radius 1 is 1.20 bits per heavy atom. The Labute approximate surface area is 114 Å². The minimum Gasteiger partial charge on any atom is -0.508 e. The monoisotopic (exact) mass is 272 g/mol. The van der Waals surface area contributed by atoms with Crippen LogP contribution in [0.2, 0.25) is 0 Å². The third kappa shape index (κ3) is 2.59. The number of carbonyl (C=O) groups excluding carboxylic acids is 1. The van der Waals surface area contributed by atoms with Gasteiger partial charge in [0.05, 0.1) is 4.92 Å². The number of nitrogens with zero attached hydrogens (tertiary/aromatic N) is 1. The zero-order valence-electron chi connectivity index (χ0n) is 10.7. The Kier molecular flexibility index (Phi) is 3.65. The second kappa shape index (κ2) is 5.40. The summed E-state index contributed by atoms with van der Waals surface area (Å²) >= 11 is 0. The quantitative estimate of drug-likeness (QED) is 0.663. The van der Waals surface area contributed by atoms with Gasteiger partial charge in [-0.1, -0.05) is 18.2 Å². The Bertz CT molecular complexity index is 683. The highest BCUT2D eigenvalue weighted by atomic mass is 16.6. The van der Waals surface area contributed by atoms with Gasteiger partial charge in [0.25, 0.3) is 11.6 Å². The van der Waals surface area contributed by atoms with Crippen molar-refractivity contribution in [3.05, 3.63) is 63.7 Å². The predicted molar refractivity (Wildman–Crippen MR) is 73.9 cm³/mol. The van der Waals surface area contributed by atoms with Gasteiger partial charge in [-0.05, 0) is 25.1 Å². The Balaban J connectivity index is 2.34. The lowest BCUT2D eigenvalue weighted by molar-refractivity contribution is -0.385. The Morgan fingerprint density at radius 2 is 1.90 bits per heavy atom. The molecule has 0 saturated heterocycles. The first kappa shape index (κ1) is 13.5. The van der Waals surface area contributed by atoms with Crippen molar-refractivity contribution < 1.29 is 14.8 Å². The van der Waals surface area contributed by atoms with Crippen molar-refractivity contribution in [1.82, 2.24) is 0 Å². The molecule has 2 N–H and O–H groups in total. The van der Waals surface area contributed by atoms with Crippen molar-refractivity contribution in [1.29, 1.82) is 0 Å². The van der Waals surface area contributed by atoms with Crippen molar-refractivity contribution >= 4 is 17.3 Å². The smallest absolute Gasteiger partial charge is 0.282 e. The molecule has 0 heterocycles. The number of para-hydroxylation sites is 1. The number of nitro benzene ring substituents is 1. The summed E-state index contributed by atoms with van der Waals surface area (Å²) in [5.41, 5.74) is 0.621. The molecule has 0 unspecified atom stereocenters. The maximum absolute atomic E-state index is 12.1. The fourth-order valence-electron chi connectivity index (χ4n) is 1.77. The molecule has 0 aliphatic carbocycles. The van der Waals surface area contributed by atoms with Crippen LogP contribution in [0.25, 0.3) is 0 Å². The number of hydrogen-bond donors (Lipinski definition) is 2. The number of amides is 1. The van der Waals surface area contributed by atoms with E-state index >= 15 is 0 Å². The fourth-order valence-corrected chi connectivity index (χ4v) is 1.77. The SMILES string of the molecule is Cc1c(O)cccc1NC(=O)c1ccccc1[N+](=O)[O-]. The molecular formula is C14H12N2O4. The highest BCUT2D eigenvalue weighted by Crippen LogP contribution is 2.25. The lowest BCUT2D eigenvalue weighted by Gasteiger charge is -2.09. The summed E-state index contributed by atoms with van der Waals surface area (Å²) in [6.07, 6.45) is 0. The summed E-state index contributed by atoms with van der Waals surface area (Å²) in [6, 6.07) is 10.4. The van der Waals surface area contributed by atoms with Crippen molar-refractivity contribution in [2.24, 2.45) is 0 Å². The van der Waals surface area contributed by atoms with E-state index in [1.54, 1.807) is 25.1 Å². The number of hydrogen-bond acceptors (Lipinski definition) is 4. The molecule has 2 rings (SSSR count). The first-order valence-corrected chi connectivity index (χ1v) is 5.84. The molecular weight excluding hydrogens is 260 g/mol. The standard InChI is InChI=1S/C14H12N2O4/c1-9-11(6-4-8-13(9)17)15-14(18)10-5-2-3-7-12(10)16(19)20/h2-8,17H,1H3,(H,15,18). The minimum atomic E-state index is -0.607. The van der Waals surface area contributed by atoms with Gasteiger partial charge in [0.2, 0.25) is 0 Å². The van der Waals surface area contributed by atoms with Gasteiger partial charge in [-0.3, -0.25) is 14.9 Å². The summed E-state index contributed by atoms with van der Waals surface area (Å²) in [7, 11) is 0. The zero-order valence-corrected chi connectivity index (χ0v) is 10.7. The van der Waals surface area contributed by atoms with E-state index in [4.69, 9.17) is 0 Å². The van der Waals surface area contributed by atoms with Crippen LogP contribution in [0.1, 0.15) is 15.9 Å². The number of anilines is 1. The summed E-state index contributed by atoms with van der Waals surface area (Å²) < 4.78 is 0. The van der Waals surface area contributed by atoms with E-state index in [-0.39, 0.29) is 17.0 Å². The molecule has 2 aromatic rings. The molecule has 6 heteroatoms. The molecule has 20 heavy (non-hydrogen) atoms. The molecule has 102 valence electrons. The molecule has 0 atom stereocenters. The number of phenolic OH excluding ortho intramolecular Hbond substituents is 1. The van der Waals surface area contributed by atoms with E-state index in [1.807, 2.05) is 0 Å². The molecule has 0 saturated carbocycles. The lowest BCUT2D eigenvalue weighted by atomic mass is 10.1. The molecule has 0 spiro atoms. The first-order valence-electron chi connectivity index (χ1n) is 5.84. The summed E-state index contributed by atoms with van der Waals surface area (Å²) in [4.78, 5) is 22.4. The van der Waals surface area contributed by atoms with E-state index in [9.17, 15) is 20.0 Å². The van der Waals surface area contributed by atoms with Crippen molar-refractivity contribution in [3.63, 3.8) is 0 Å². The molecule has 0 aliphatic rings. The van der Waals surface area contributed by atoms with Crippen LogP contribution in [0.3, 0.4) is 0 Å². The van der Waals surface area contributed by atoms with Crippen LogP contribution < -0.4 is 5.32 Å². The number of benzene rings is 2. The molecule has 2 aromatic carbocycles. The van der Waals surface area contributed by atoms with Crippen LogP contribution in [0, 0.1) is 17.0 Å². The first-order chi connectivity index (χ1) is 9.50. The highest BCUT2D eigenvalue weighted by molar-refractivity contribution is 6.07. The number of carbonyl (C=O) groups is 1. The minimum absolute atomic E-state index is 0.0276. The maximum atomic E-state index is 12.1. The summed E-state index contributed by atoms with van der Waals surface area (Å²) in [6.45, 7) is 1.64. The van der Waals surface area contributed by atoms with E-state index < -0.39 is 10.8 Å². The highest BCUT2D eigenvalue weighted by Gasteiger charge is 2.19. The van der Waals surface area contributed by atoms with E-state index in [2.05, 4.69) is 5.32 Å². The Hall–Kier alpha value is -2.89. The number of nitro groups is 1. The molecule has 0 bridgehead atoms. The van der Waals surface area contributed by atoms with Crippen LogP contribution in [0.4, 0.5) is 11.4 Å². The molecule has 0 fully saturated rings. The van der Waals surface area contributed by atoms with Gasteiger partial charge >= 0.3 is 0 Å². The Morgan fingerprint density at radius 3 is 2.60 bits per heavy atom. The van der Waals surface area contributed by atoms with Gasteiger partial charge < -0.3 is 10.4 Å². The maximum Gasteiger partial charge on any atom is 0.282 e. The fraction of sp³-hybridized carbons (Fsp3) is 0.0714. The summed E-state index contributed by atoms with van der Waals surface area (Å²) in [5, 5.41) is 23.0. The zero-order chi connectivity index (χ0) is 14.7. The topological polar surface area (TPSA) is 92.5 Å². The molecule has 0 aliphatic heterocycles. The van der Waals surface area contributed by atoms with Crippen LogP contribution in [0.15, 0.2) is 42.5 Å². The molecule has 0 aromatic heterocycles. The molecule has 6 nitrogen and oxygen atoms in total. The van der Waals surface area contributed by atoms with Crippen LogP contribution >= 0.6 is 0 Å². The predicted octanol–water partition coefficient (Wildman–Crippen LogP) is 2.86. The van der Waals surface area contributed by atoms with Gasteiger partial charge in [0.1, 0.15) is 11.3 Å². The second-order valence-electron chi connectivity index (χ2n) is 4.18. The van der Waals surface area contributed by atoms with Gasteiger partial charge in [-0.2, -0.15) is 0 Å². The second-order valence-corrected chi connectivity index (χ2v) is 4.18. The third-order valence-electron chi connectivity index (χ3n) is 2.90. The van der Waals surface area contributed by atoms with Gasteiger partial charge in [-0.15, -0.1) is 0 Å². The average Bonchev–Trinajstić information content (AvgIpc) is 2.43. The van der Waals surface area contributed by atoms with E-state index in [0.717, 1.165) is 0 Å². The van der Waals surface area contributed by atoms with Crippen LogP contribution in [-0.4, -0.2) is 15.9 Å². The largest absolute Gasteiger partial charge is 0.508 e. The third-order valence-corrected chi connectivity index (χ3v) is 2.90. The van der Waals surface area contributed by atoms with Gasteiger partial charge in [-0.25, -0.2) is 0 Å². The van der Waals surface area contributed by atoms with Gasteiger partial charge in [0, 0.05) is 17.3 Å². The number of aromatic hydroxyl groups is 1. The van der Waals surface area contributed by atoms with Crippen LogP contribution in [-0.2, 0) is 0 Å². The average molecular weight is 272 g/mol. The van der Waals surface area contributed by atoms with Crippen molar-refractivity contribution in [2.75, 3.05) is 5.32 Å². The molecule has 0 radical (unpaired) electrons. The lowest BCUT2D eigenvalue weighted by Crippen LogP contribution is -2.14. The number of rotatable bonds is 3. The normalized spacial score (nSPS) is 10.1. The van der Waals surface area contributed by atoms with E-state index in [0.29, 0.717) is 11.3 Å². The van der Waals surface area contributed by atoms with Crippen molar-refractivity contribution in [3.8, 4) is 5.75 Å². The number of nitrogens with one attached hydrogen (secondary N) is 1. The number of phenols is 1.